The molecule has 1 aromatic rings. The highest BCUT2D eigenvalue weighted by atomic mass is 35.5. The van der Waals surface area contributed by atoms with Gasteiger partial charge in [0.25, 0.3) is 0 Å². The third kappa shape index (κ3) is 2.88. The fourth-order valence-electron chi connectivity index (χ4n) is 1.45. The molecule has 2 N–H and O–H groups in total. The Bertz CT molecular complexity index is 392. The van der Waals surface area contributed by atoms with Gasteiger partial charge in [-0.05, 0) is 37.6 Å². The number of hydrogen-bond donors (Lipinski definition) is 2. The zero-order valence-corrected chi connectivity index (χ0v) is 10.5. The summed E-state index contributed by atoms with van der Waals surface area (Å²) >= 11 is 6.00. The Hall–Kier alpha value is -0.770. The van der Waals surface area contributed by atoms with E-state index in [0.717, 1.165) is 18.5 Å². The third-order valence-corrected chi connectivity index (χ3v) is 2.84. The third-order valence-electron chi connectivity index (χ3n) is 2.52. The van der Waals surface area contributed by atoms with Gasteiger partial charge in [0, 0.05) is 0 Å². The molecule has 1 saturated heterocycles. The average Bonchev–Trinajstić information content (AvgIpc) is 2.07. The van der Waals surface area contributed by atoms with Gasteiger partial charge in [-0.2, -0.15) is 0 Å². The summed E-state index contributed by atoms with van der Waals surface area (Å²) < 4.78 is 0. The summed E-state index contributed by atoms with van der Waals surface area (Å²) in [6, 6.07) is 5.54. The average molecular weight is 261 g/mol. The normalized spacial score (nSPS) is 18.2. The second kappa shape index (κ2) is 5.53. The lowest BCUT2D eigenvalue weighted by Crippen LogP contribution is -2.50. The van der Waals surface area contributed by atoms with E-state index in [0.29, 0.717) is 10.7 Å². The summed E-state index contributed by atoms with van der Waals surface area (Å²) in [6.07, 6.45) is 0.898. The van der Waals surface area contributed by atoms with Crippen molar-refractivity contribution in [3.8, 4) is 0 Å². The van der Waals surface area contributed by atoms with Crippen LogP contribution in [0, 0.1) is 6.92 Å². The smallest absolute Gasteiger partial charge is 0.241 e. The van der Waals surface area contributed by atoms with E-state index in [9.17, 15) is 4.79 Å². The van der Waals surface area contributed by atoms with Crippen molar-refractivity contribution in [3.63, 3.8) is 0 Å². The van der Waals surface area contributed by atoms with Crippen LogP contribution in [0.5, 0.6) is 0 Å². The number of aryl methyl sites for hydroxylation is 1. The van der Waals surface area contributed by atoms with E-state index >= 15 is 0 Å². The molecule has 1 heterocycles. The lowest BCUT2D eigenvalue weighted by atomic mass is 10.1. The highest BCUT2D eigenvalue weighted by Gasteiger charge is 2.24. The summed E-state index contributed by atoms with van der Waals surface area (Å²) in [5, 5.41) is 6.43. The van der Waals surface area contributed by atoms with E-state index in [1.807, 2.05) is 25.1 Å². The Morgan fingerprint density at radius 1 is 1.56 bits per heavy atom. The molecular weight excluding hydrogens is 247 g/mol. The van der Waals surface area contributed by atoms with Crippen LogP contribution in [-0.2, 0) is 4.79 Å². The Balaban J connectivity index is 0.00000128. The van der Waals surface area contributed by atoms with E-state index in [-0.39, 0.29) is 24.4 Å². The maximum absolute atomic E-state index is 11.6. The molecule has 16 heavy (non-hydrogen) atoms. The molecule has 1 aliphatic rings. The first kappa shape index (κ1) is 13.3. The molecule has 0 aromatic heterocycles. The molecule has 0 bridgehead atoms. The van der Waals surface area contributed by atoms with E-state index in [1.54, 1.807) is 0 Å². The molecule has 0 saturated carbocycles. The summed E-state index contributed by atoms with van der Waals surface area (Å²) in [7, 11) is 0. The first-order chi connectivity index (χ1) is 7.16. The second-order valence-corrected chi connectivity index (χ2v) is 4.18. The fraction of sp³-hybridized carbons (Fsp3) is 0.364. The summed E-state index contributed by atoms with van der Waals surface area (Å²) in [6.45, 7) is 2.88. The van der Waals surface area contributed by atoms with Gasteiger partial charge >= 0.3 is 0 Å². The maximum Gasteiger partial charge on any atom is 0.241 e. The molecule has 1 amide bonds. The van der Waals surface area contributed by atoms with Crippen LogP contribution in [0.25, 0.3) is 0 Å². The second-order valence-electron chi connectivity index (χ2n) is 3.77. The topological polar surface area (TPSA) is 41.1 Å². The molecule has 1 fully saturated rings. The molecule has 0 radical (unpaired) electrons. The number of carbonyl (C=O) groups excluding carboxylic acids is 1. The van der Waals surface area contributed by atoms with Gasteiger partial charge in [-0.3, -0.25) is 4.79 Å². The fourth-order valence-corrected chi connectivity index (χ4v) is 1.74. The molecule has 88 valence electrons. The Morgan fingerprint density at radius 2 is 2.25 bits per heavy atom. The van der Waals surface area contributed by atoms with Crippen molar-refractivity contribution in [2.75, 3.05) is 11.9 Å². The van der Waals surface area contributed by atoms with Crippen molar-refractivity contribution in [3.05, 3.63) is 28.8 Å². The largest absolute Gasteiger partial charge is 0.323 e. The Morgan fingerprint density at radius 3 is 2.75 bits per heavy atom. The molecule has 3 nitrogen and oxygen atoms in total. The van der Waals surface area contributed by atoms with Crippen molar-refractivity contribution in [2.24, 2.45) is 0 Å². The van der Waals surface area contributed by atoms with Crippen LogP contribution in [-0.4, -0.2) is 18.5 Å². The number of hydrogen-bond acceptors (Lipinski definition) is 2. The van der Waals surface area contributed by atoms with Crippen molar-refractivity contribution in [2.45, 2.75) is 19.4 Å². The van der Waals surface area contributed by atoms with Gasteiger partial charge in [0.15, 0.2) is 0 Å². The van der Waals surface area contributed by atoms with Gasteiger partial charge in [0.2, 0.25) is 5.91 Å². The Labute approximate surface area is 106 Å². The molecule has 2 rings (SSSR count). The number of anilines is 1. The molecule has 0 unspecified atom stereocenters. The Kier molecular flexibility index (Phi) is 4.59. The van der Waals surface area contributed by atoms with Gasteiger partial charge in [-0.1, -0.05) is 17.7 Å². The van der Waals surface area contributed by atoms with Crippen LogP contribution in [0.15, 0.2) is 18.2 Å². The predicted molar refractivity (Wildman–Crippen MR) is 68.5 cm³/mol. The number of benzene rings is 1. The van der Waals surface area contributed by atoms with E-state index < -0.39 is 0 Å². The van der Waals surface area contributed by atoms with Crippen LogP contribution in [0.3, 0.4) is 0 Å². The number of amides is 1. The van der Waals surface area contributed by atoms with Crippen LogP contribution < -0.4 is 10.6 Å². The van der Waals surface area contributed by atoms with Crippen molar-refractivity contribution in [1.29, 1.82) is 0 Å². The van der Waals surface area contributed by atoms with Crippen LogP contribution in [0.1, 0.15) is 12.0 Å². The van der Waals surface area contributed by atoms with Gasteiger partial charge in [0.1, 0.15) is 0 Å². The predicted octanol–water partition coefficient (Wildman–Crippen LogP) is 2.37. The lowest BCUT2D eigenvalue weighted by molar-refractivity contribution is -0.119. The number of rotatable bonds is 2. The zero-order chi connectivity index (χ0) is 10.8. The molecule has 0 aliphatic carbocycles. The molecule has 1 aromatic carbocycles. The highest BCUT2D eigenvalue weighted by molar-refractivity contribution is 6.33. The quantitative estimate of drug-likeness (QED) is 0.858. The van der Waals surface area contributed by atoms with Crippen molar-refractivity contribution >= 4 is 35.6 Å². The van der Waals surface area contributed by atoms with Crippen LogP contribution in [0.4, 0.5) is 5.69 Å². The van der Waals surface area contributed by atoms with Crippen LogP contribution in [0.2, 0.25) is 5.02 Å². The number of halogens is 2. The minimum absolute atomic E-state index is 0. The zero-order valence-electron chi connectivity index (χ0n) is 8.92. The van der Waals surface area contributed by atoms with Crippen molar-refractivity contribution < 1.29 is 4.79 Å². The molecule has 1 aliphatic heterocycles. The maximum atomic E-state index is 11.6. The van der Waals surface area contributed by atoms with E-state index in [4.69, 9.17) is 11.6 Å². The summed E-state index contributed by atoms with van der Waals surface area (Å²) in [5.41, 5.74) is 1.76. The first-order valence-electron chi connectivity index (χ1n) is 4.97. The molecular formula is C11H14Cl2N2O. The standard InChI is InChI=1S/C11H13ClN2O.ClH/c1-7-2-3-9(8(12)6-7)14-11(15)10-4-5-13-10;/h2-3,6,10,13H,4-5H2,1H3,(H,14,15);1H/t10-;/m1./s1. The molecule has 5 heteroatoms. The van der Waals surface area contributed by atoms with Gasteiger partial charge in [-0.15, -0.1) is 12.4 Å². The first-order valence-corrected chi connectivity index (χ1v) is 5.35. The molecule has 1 atom stereocenters. The monoisotopic (exact) mass is 260 g/mol. The van der Waals surface area contributed by atoms with E-state index in [2.05, 4.69) is 10.6 Å². The summed E-state index contributed by atoms with van der Waals surface area (Å²) in [5.74, 6) is -0.00740. The number of nitrogens with one attached hydrogen (secondary N) is 2. The number of carbonyl (C=O) groups is 1. The SMILES string of the molecule is Cc1ccc(NC(=O)[C@H]2CCN2)c(Cl)c1.Cl. The van der Waals surface area contributed by atoms with Gasteiger partial charge in [-0.25, -0.2) is 0 Å². The van der Waals surface area contributed by atoms with Gasteiger partial charge in [0.05, 0.1) is 16.8 Å². The lowest BCUT2D eigenvalue weighted by Gasteiger charge is -2.26. The minimum Gasteiger partial charge on any atom is -0.323 e. The summed E-state index contributed by atoms with van der Waals surface area (Å²) in [4.78, 5) is 11.6. The van der Waals surface area contributed by atoms with Crippen LogP contribution >= 0.6 is 24.0 Å². The highest BCUT2D eigenvalue weighted by Crippen LogP contribution is 2.23. The minimum atomic E-state index is -0.0534. The van der Waals surface area contributed by atoms with Crippen molar-refractivity contribution in [1.82, 2.24) is 5.32 Å². The molecule has 0 spiro atoms. The van der Waals surface area contributed by atoms with Gasteiger partial charge < -0.3 is 10.6 Å². The van der Waals surface area contributed by atoms with E-state index in [1.165, 1.54) is 0 Å².